The van der Waals surface area contributed by atoms with Crippen LogP contribution in [0.1, 0.15) is 38.1 Å². The monoisotopic (exact) mass is 265 g/mol. The normalized spacial score (nSPS) is 11.2. The zero-order chi connectivity index (χ0) is 14.5. The highest BCUT2D eigenvalue weighted by Gasteiger charge is 2.15. The number of carbonyl (C=O) groups excluding carboxylic acids is 1. The van der Waals surface area contributed by atoms with Gasteiger partial charge < -0.3 is 14.7 Å². The predicted octanol–water partition coefficient (Wildman–Crippen LogP) is 2.32. The fraction of sp³-hybridized carbons (Fsp3) is 0.533. The van der Waals surface area contributed by atoms with Gasteiger partial charge in [0, 0.05) is 18.7 Å². The first-order valence-corrected chi connectivity index (χ1v) is 6.56. The van der Waals surface area contributed by atoms with Crippen LogP contribution in [-0.2, 0) is 0 Å². The molecular weight excluding hydrogens is 242 g/mol. The summed E-state index contributed by atoms with van der Waals surface area (Å²) in [7, 11) is 0. The molecule has 0 atom stereocenters. The van der Waals surface area contributed by atoms with Gasteiger partial charge in [-0.1, -0.05) is 0 Å². The van der Waals surface area contributed by atoms with Crippen LogP contribution in [0.3, 0.4) is 0 Å². The van der Waals surface area contributed by atoms with E-state index < -0.39 is 0 Å². The van der Waals surface area contributed by atoms with Crippen molar-refractivity contribution in [3.05, 3.63) is 29.8 Å². The molecular formula is C15H23NO3. The summed E-state index contributed by atoms with van der Waals surface area (Å²) in [5.74, 6) is 0.674. The van der Waals surface area contributed by atoms with Gasteiger partial charge in [0.2, 0.25) is 0 Å². The molecule has 1 aromatic rings. The lowest BCUT2D eigenvalue weighted by molar-refractivity contribution is 0.0732. The van der Waals surface area contributed by atoms with Crippen molar-refractivity contribution in [2.24, 2.45) is 0 Å². The third-order valence-corrected chi connectivity index (χ3v) is 2.56. The molecule has 19 heavy (non-hydrogen) atoms. The molecule has 106 valence electrons. The predicted molar refractivity (Wildman–Crippen MR) is 75.5 cm³/mol. The summed E-state index contributed by atoms with van der Waals surface area (Å²) in [6, 6.07) is 7.10. The highest BCUT2D eigenvalue weighted by molar-refractivity contribution is 5.94. The number of hydrogen-bond acceptors (Lipinski definition) is 3. The van der Waals surface area contributed by atoms with E-state index in [4.69, 9.17) is 9.84 Å². The van der Waals surface area contributed by atoms with Crippen molar-refractivity contribution >= 4 is 5.91 Å². The lowest BCUT2D eigenvalue weighted by Crippen LogP contribution is -2.33. The summed E-state index contributed by atoms with van der Waals surface area (Å²) < 4.78 is 5.71. The molecule has 0 saturated heterocycles. The van der Waals surface area contributed by atoms with E-state index in [2.05, 4.69) is 0 Å². The summed E-state index contributed by atoms with van der Waals surface area (Å²) in [5.41, 5.74) is 0.356. The van der Waals surface area contributed by atoms with E-state index in [0.29, 0.717) is 18.7 Å². The molecule has 0 aliphatic heterocycles. The first-order chi connectivity index (χ1) is 8.87. The van der Waals surface area contributed by atoms with Crippen molar-refractivity contribution in [1.29, 1.82) is 0 Å². The van der Waals surface area contributed by atoms with Crippen LogP contribution in [-0.4, -0.2) is 41.2 Å². The van der Waals surface area contributed by atoms with Crippen LogP contribution < -0.4 is 4.74 Å². The molecule has 0 spiro atoms. The van der Waals surface area contributed by atoms with Crippen LogP contribution in [0, 0.1) is 0 Å². The Morgan fingerprint density at radius 3 is 2.26 bits per heavy atom. The Labute approximate surface area is 115 Å². The lowest BCUT2D eigenvalue weighted by Gasteiger charge is -2.22. The summed E-state index contributed by atoms with van der Waals surface area (Å²) in [5, 5.41) is 8.92. The van der Waals surface area contributed by atoms with Gasteiger partial charge in [-0.3, -0.25) is 4.79 Å². The molecule has 1 aromatic carbocycles. The molecule has 4 nitrogen and oxygen atoms in total. The van der Waals surface area contributed by atoms with E-state index in [0.717, 1.165) is 5.75 Å². The van der Waals surface area contributed by atoms with Gasteiger partial charge in [-0.25, -0.2) is 0 Å². The molecule has 0 aliphatic rings. The van der Waals surface area contributed by atoms with Gasteiger partial charge in [0.1, 0.15) is 11.4 Å². The Morgan fingerprint density at radius 2 is 1.84 bits per heavy atom. The van der Waals surface area contributed by atoms with Gasteiger partial charge in [0.15, 0.2) is 0 Å². The summed E-state index contributed by atoms with van der Waals surface area (Å²) in [6.45, 7) is 8.75. The van der Waals surface area contributed by atoms with Crippen LogP contribution in [0.4, 0.5) is 0 Å². The maximum Gasteiger partial charge on any atom is 0.253 e. The Balaban J connectivity index is 2.78. The van der Waals surface area contributed by atoms with E-state index in [1.807, 2.05) is 27.7 Å². The number of likely N-dealkylation sites (N-methyl/N-ethyl adjacent to an activating group) is 1. The number of nitrogens with zero attached hydrogens (tertiary/aromatic N) is 1. The first kappa shape index (κ1) is 15.5. The van der Waals surface area contributed by atoms with Gasteiger partial charge in [-0.15, -0.1) is 0 Å². The van der Waals surface area contributed by atoms with E-state index in [1.54, 1.807) is 29.2 Å². The summed E-state index contributed by atoms with van der Waals surface area (Å²) in [6.07, 6.45) is 0. The van der Waals surface area contributed by atoms with Crippen molar-refractivity contribution in [2.75, 3.05) is 19.7 Å². The van der Waals surface area contributed by atoms with E-state index >= 15 is 0 Å². The number of aliphatic hydroxyl groups excluding tert-OH is 1. The topological polar surface area (TPSA) is 49.8 Å². The van der Waals surface area contributed by atoms with Crippen molar-refractivity contribution in [3.8, 4) is 5.75 Å². The summed E-state index contributed by atoms with van der Waals surface area (Å²) >= 11 is 0. The largest absolute Gasteiger partial charge is 0.488 e. The standard InChI is InChI=1S/C15H23NO3/c1-5-16(10-11-17)14(18)12-6-8-13(9-7-12)19-15(2,3)4/h6-9,17H,5,10-11H2,1-4H3. The van der Waals surface area contributed by atoms with Crippen LogP contribution in [0.2, 0.25) is 0 Å². The molecule has 0 saturated carbocycles. The number of aliphatic hydroxyl groups is 1. The average Bonchev–Trinajstić information content (AvgIpc) is 2.34. The van der Waals surface area contributed by atoms with E-state index in [9.17, 15) is 4.79 Å². The zero-order valence-corrected chi connectivity index (χ0v) is 12.1. The van der Waals surface area contributed by atoms with Gasteiger partial charge in [0.25, 0.3) is 5.91 Å². The smallest absolute Gasteiger partial charge is 0.253 e. The van der Waals surface area contributed by atoms with Crippen molar-refractivity contribution in [1.82, 2.24) is 4.90 Å². The molecule has 4 heteroatoms. The second-order valence-corrected chi connectivity index (χ2v) is 5.35. The molecule has 0 fully saturated rings. The quantitative estimate of drug-likeness (QED) is 0.889. The second-order valence-electron chi connectivity index (χ2n) is 5.35. The molecule has 0 bridgehead atoms. The van der Waals surface area contributed by atoms with Gasteiger partial charge in [-0.05, 0) is 52.0 Å². The molecule has 0 aromatic heterocycles. The van der Waals surface area contributed by atoms with Gasteiger partial charge >= 0.3 is 0 Å². The number of carbonyl (C=O) groups is 1. The molecule has 0 radical (unpaired) electrons. The minimum absolute atomic E-state index is 0.0230. The Morgan fingerprint density at radius 1 is 1.26 bits per heavy atom. The maximum absolute atomic E-state index is 12.1. The number of benzene rings is 1. The van der Waals surface area contributed by atoms with Crippen molar-refractivity contribution in [3.63, 3.8) is 0 Å². The SMILES string of the molecule is CCN(CCO)C(=O)c1ccc(OC(C)(C)C)cc1. The van der Waals surface area contributed by atoms with Gasteiger partial charge in [0.05, 0.1) is 6.61 Å². The Hall–Kier alpha value is -1.55. The highest BCUT2D eigenvalue weighted by atomic mass is 16.5. The highest BCUT2D eigenvalue weighted by Crippen LogP contribution is 2.19. The minimum Gasteiger partial charge on any atom is -0.488 e. The minimum atomic E-state index is -0.252. The number of amides is 1. The molecule has 0 aliphatic carbocycles. The molecule has 0 unspecified atom stereocenters. The third kappa shape index (κ3) is 4.91. The number of ether oxygens (including phenoxy) is 1. The fourth-order valence-electron chi connectivity index (χ4n) is 1.73. The first-order valence-electron chi connectivity index (χ1n) is 6.56. The maximum atomic E-state index is 12.1. The molecule has 1 amide bonds. The molecule has 0 heterocycles. The van der Waals surface area contributed by atoms with Crippen LogP contribution in [0.5, 0.6) is 5.75 Å². The Bertz CT molecular complexity index is 406. The number of rotatable bonds is 5. The number of hydrogen-bond donors (Lipinski definition) is 1. The van der Waals surface area contributed by atoms with Crippen LogP contribution in [0.15, 0.2) is 24.3 Å². The Kier molecular flexibility index (Phi) is 5.36. The third-order valence-electron chi connectivity index (χ3n) is 2.56. The average molecular weight is 265 g/mol. The second kappa shape index (κ2) is 6.57. The fourth-order valence-corrected chi connectivity index (χ4v) is 1.73. The van der Waals surface area contributed by atoms with Crippen molar-refractivity contribution < 1.29 is 14.6 Å². The van der Waals surface area contributed by atoms with E-state index in [1.165, 1.54) is 0 Å². The van der Waals surface area contributed by atoms with E-state index in [-0.39, 0.29) is 18.1 Å². The lowest BCUT2D eigenvalue weighted by atomic mass is 10.1. The molecule has 1 N–H and O–H groups in total. The zero-order valence-electron chi connectivity index (χ0n) is 12.1. The van der Waals surface area contributed by atoms with Crippen molar-refractivity contribution in [2.45, 2.75) is 33.3 Å². The summed E-state index contributed by atoms with van der Waals surface area (Å²) in [4.78, 5) is 13.7. The van der Waals surface area contributed by atoms with Crippen LogP contribution >= 0.6 is 0 Å². The molecule has 1 rings (SSSR count). The van der Waals surface area contributed by atoms with Crippen LogP contribution in [0.25, 0.3) is 0 Å². The van der Waals surface area contributed by atoms with Gasteiger partial charge in [-0.2, -0.15) is 0 Å².